The molecule has 426 valence electrons. The monoisotopic (exact) mass is 1080 g/mol. The SMILES string of the molecule is C=C(CC[C@]12O[C@H](C(=O)O)[C@@](O)(C(=O)O)[C@](C(=O)O)(O1)[C@H](OC(=O)/C=C/[C@@H](C)CCCC)[C@H]2O)[C@@H](OC(C)=O)[C@H](C)Cc1ccccc1.CC[C@H](C)C(=O)O[C@H]1C[C@@H](C)C=C2C=C[C@H](C)[C@H](CC[C@@H]3C[C@@H](O)CC(=O)O3)[C@H]21. The van der Waals surface area contributed by atoms with Gasteiger partial charge in [0.25, 0.3) is 0 Å². The molecule has 77 heavy (non-hydrogen) atoms. The summed E-state index contributed by atoms with van der Waals surface area (Å²) in [7, 11) is 0. The second-order valence-electron chi connectivity index (χ2n) is 21.9. The molecule has 19 nitrogen and oxygen atoms in total. The van der Waals surface area contributed by atoms with Gasteiger partial charge in [-0.3, -0.25) is 14.4 Å². The number of hydrogen-bond donors (Lipinski definition) is 6. The number of cyclic esters (lactones) is 1. The van der Waals surface area contributed by atoms with Crippen molar-refractivity contribution >= 4 is 41.8 Å². The highest BCUT2D eigenvalue weighted by Crippen LogP contribution is 2.56. The van der Waals surface area contributed by atoms with Crippen molar-refractivity contribution in [1.29, 1.82) is 0 Å². The summed E-state index contributed by atoms with van der Waals surface area (Å²) in [5.41, 5.74) is -4.99. The molecule has 2 bridgehead atoms. The summed E-state index contributed by atoms with van der Waals surface area (Å²) >= 11 is 0. The van der Waals surface area contributed by atoms with Crippen molar-refractivity contribution in [2.75, 3.05) is 0 Å². The van der Waals surface area contributed by atoms with Crippen LogP contribution in [0, 0.1) is 41.4 Å². The van der Waals surface area contributed by atoms with E-state index >= 15 is 0 Å². The van der Waals surface area contributed by atoms with Crippen LogP contribution in [0.2, 0.25) is 0 Å². The molecule has 19 heteroatoms. The molecule has 2 aliphatic carbocycles. The quantitative estimate of drug-likeness (QED) is 0.0283. The van der Waals surface area contributed by atoms with Gasteiger partial charge in [-0.25, -0.2) is 19.2 Å². The van der Waals surface area contributed by atoms with Crippen LogP contribution in [-0.4, -0.2) is 132 Å². The Hall–Kier alpha value is -5.73. The van der Waals surface area contributed by atoms with Gasteiger partial charge in [0.05, 0.1) is 18.4 Å². The van der Waals surface area contributed by atoms with E-state index in [9.17, 15) is 64.2 Å². The Morgan fingerprint density at radius 2 is 1.64 bits per heavy atom. The fraction of sp³-hybridized carbons (Fsp3) is 0.638. The van der Waals surface area contributed by atoms with Crippen LogP contribution in [-0.2, 0) is 68.4 Å². The fourth-order valence-corrected chi connectivity index (χ4v) is 11.4. The molecule has 3 heterocycles. The van der Waals surface area contributed by atoms with Crippen molar-refractivity contribution in [3.8, 4) is 0 Å². The molecule has 6 rings (SSSR count). The summed E-state index contributed by atoms with van der Waals surface area (Å²) < 4.78 is 33.5. The number of aliphatic hydroxyl groups is 3. The van der Waals surface area contributed by atoms with E-state index in [1.807, 2.05) is 58.0 Å². The number of allylic oxidation sites excluding steroid dienone is 4. The molecule has 3 fully saturated rings. The molecule has 0 aromatic heterocycles. The summed E-state index contributed by atoms with van der Waals surface area (Å²) in [5.74, 6) is -10.9. The van der Waals surface area contributed by atoms with E-state index in [2.05, 4.69) is 38.7 Å². The summed E-state index contributed by atoms with van der Waals surface area (Å²) in [6.45, 7) is 19.1. The third-order valence-electron chi connectivity index (χ3n) is 15.8. The maximum Gasteiger partial charge on any atom is 0.344 e. The minimum Gasteiger partial charge on any atom is -0.479 e. The van der Waals surface area contributed by atoms with Crippen molar-refractivity contribution in [3.63, 3.8) is 0 Å². The lowest BCUT2D eigenvalue weighted by molar-refractivity contribution is -0.374. The first-order chi connectivity index (χ1) is 36.2. The lowest BCUT2D eigenvalue weighted by Crippen LogP contribution is -2.78. The van der Waals surface area contributed by atoms with Gasteiger partial charge in [0.15, 0.2) is 6.10 Å². The summed E-state index contributed by atoms with van der Waals surface area (Å²) in [6.07, 6.45) is 5.76. The highest BCUT2D eigenvalue weighted by molar-refractivity contribution is 5.98. The van der Waals surface area contributed by atoms with Gasteiger partial charge in [0.2, 0.25) is 23.1 Å². The first-order valence-corrected chi connectivity index (χ1v) is 27.0. The maximum atomic E-state index is 12.9. The van der Waals surface area contributed by atoms with Gasteiger partial charge in [-0.1, -0.05) is 123 Å². The molecule has 17 atom stereocenters. The second-order valence-corrected chi connectivity index (χ2v) is 21.9. The number of carbonyl (C=O) groups is 7. The zero-order valence-corrected chi connectivity index (χ0v) is 45.5. The third kappa shape index (κ3) is 14.3. The lowest BCUT2D eigenvalue weighted by atomic mass is 9.65. The standard InChI is InChI=1S/C34H44O14.C24H36O5/c1-6-7-11-19(2)14-15-24(36)46-27-26(37)32(47-28(29(38)39)33(44,30(40)41)34(27,48-32)31(42)43)17-16-20(3)25(45-22(5)35)21(4)18-23-12-9-8-10-13-23;1-5-15(3)24(27)29-21-11-14(2)10-17-7-6-16(4)20(23(17)21)9-8-19-12-18(25)13-22(26)28-19/h8-10,12-15,19,21,25-28,37,44H,3,6-7,11,16-18H2,1-2,4-5H3,(H,38,39)(H,40,41)(H,42,43);6-7,10,14-16,18-21,23,25H,5,8-9,11-13H2,1-4H3/b15-14+;/t19-,21+,25+,26+,27+,28+,32-,33+,34-;14-,15-,16-,18+,19+,20-,21-,23-/m00/s1. The number of esters is 4. The molecule has 0 amide bonds. The Balaban J connectivity index is 0.000000320. The minimum absolute atomic E-state index is 0.0854. The van der Waals surface area contributed by atoms with E-state index in [0.717, 1.165) is 50.2 Å². The predicted molar refractivity (Wildman–Crippen MR) is 277 cm³/mol. The van der Waals surface area contributed by atoms with Crippen LogP contribution in [0.4, 0.5) is 0 Å². The number of unbranched alkanes of at least 4 members (excludes halogenated alkanes) is 1. The minimum atomic E-state index is -3.89. The molecule has 1 aromatic carbocycles. The predicted octanol–water partition coefficient (Wildman–Crippen LogP) is 6.83. The van der Waals surface area contributed by atoms with E-state index in [1.54, 1.807) is 6.92 Å². The molecule has 5 aliphatic rings. The number of aliphatic carboxylic acids is 3. The van der Waals surface area contributed by atoms with E-state index in [-0.39, 0.29) is 66.2 Å². The summed E-state index contributed by atoms with van der Waals surface area (Å²) in [4.78, 5) is 87.0. The van der Waals surface area contributed by atoms with Crippen LogP contribution in [0.1, 0.15) is 132 Å². The molecule has 0 unspecified atom stereocenters. The van der Waals surface area contributed by atoms with Crippen LogP contribution in [0.5, 0.6) is 0 Å². The first-order valence-electron chi connectivity index (χ1n) is 27.0. The lowest BCUT2D eigenvalue weighted by Gasteiger charge is -2.48. The number of carboxylic acid groups (broad SMARTS) is 3. The number of ether oxygens (including phenoxy) is 6. The van der Waals surface area contributed by atoms with Crippen LogP contribution in [0.25, 0.3) is 0 Å². The van der Waals surface area contributed by atoms with Gasteiger partial charge < -0.3 is 59.1 Å². The molecule has 0 radical (unpaired) electrons. The van der Waals surface area contributed by atoms with E-state index in [1.165, 1.54) is 18.6 Å². The number of hydrogen-bond acceptors (Lipinski definition) is 16. The molecule has 3 saturated heterocycles. The molecule has 0 spiro atoms. The average Bonchev–Trinajstić information content (AvgIpc) is 3.63. The first kappa shape index (κ1) is 62.1. The molecule has 0 saturated carbocycles. The van der Waals surface area contributed by atoms with Crippen molar-refractivity contribution in [3.05, 3.63) is 84.0 Å². The van der Waals surface area contributed by atoms with Gasteiger partial charge in [-0.15, -0.1) is 0 Å². The van der Waals surface area contributed by atoms with E-state index in [0.29, 0.717) is 37.0 Å². The highest BCUT2D eigenvalue weighted by atomic mass is 16.8. The average molecular weight is 1080 g/mol. The number of benzene rings is 1. The van der Waals surface area contributed by atoms with Crippen LogP contribution in [0.15, 0.2) is 78.4 Å². The zero-order chi connectivity index (χ0) is 57.2. The van der Waals surface area contributed by atoms with Crippen LogP contribution in [0.3, 0.4) is 0 Å². The van der Waals surface area contributed by atoms with Gasteiger partial charge >= 0.3 is 41.8 Å². The van der Waals surface area contributed by atoms with Crippen LogP contribution >= 0.6 is 0 Å². The van der Waals surface area contributed by atoms with Gasteiger partial charge in [-0.2, -0.15) is 0 Å². The van der Waals surface area contributed by atoms with Gasteiger partial charge in [0, 0.05) is 37.7 Å². The van der Waals surface area contributed by atoms with Crippen molar-refractivity contribution in [2.45, 2.75) is 192 Å². The van der Waals surface area contributed by atoms with Gasteiger partial charge in [-0.05, 0) is 85.3 Å². The maximum absolute atomic E-state index is 12.9. The van der Waals surface area contributed by atoms with Crippen LogP contribution < -0.4 is 0 Å². The highest BCUT2D eigenvalue weighted by Gasteiger charge is 2.86. The van der Waals surface area contributed by atoms with Gasteiger partial charge in [0.1, 0.15) is 24.4 Å². The normalized spacial score (nSPS) is 32.9. The Kier molecular flexibility index (Phi) is 21.6. The molecular formula is C58H80O19. The fourth-order valence-electron chi connectivity index (χ4n) is 11.4. The smallest absolute Gasteiger partial charge is 0.344 e. The number of rotatable bonds is 23. The van der Waals surface area contributed by atoms with E-state index in [4.69, 9.17) is 28.4 Å². The zero-order valence-electron chi connectivity index (χ0n) is 45.5. The summed E-state index contributed by atoms with van der Waals surface area (Å²) in [6, 6.07) is 9.29. The Morgan fingerprint density at radius 1 is 0.948 bits per heavy atom. The number of fused-ring (bicyclic) bond motifs is 3. The third-order valence-corrected chi connectivity index (χ3v) is 15.8. The molecule has 6 N–H and O–H groups in total. The largest absolute Gasteiger partial charge is 0.479 e. The Bertz CT molecular complexity index is 2380. The van der Waals surface area contributed by atoms with Crippen molar-refractivity contribution < 1.29 is 92.6 Å². The Labute approximate surface area is 450 Å². The topological polar surface area (TPSA) is 296 Å². The number of carboxylic acids is 3. The van der Waals surface area contributed by atoms with Crippen molar-refractivity contribution in [1.82, 2.24) is 0 Å². The second kappa shape index (κ2) is 26.8. The molecular weight excluding hydrogens is 1000 g/mol. The molecule has 1 aromatic rings. The molecule has 3 aliphatic heterocycles. The van der Waals surface area contributed by atoms with Crippen molar-refractivity contribution in [2.24, 2.45) is 41.4 Å². The number of carbonyl (C=O) groups excluding carboxylic acids is 4. The summed E-state index contributed by atoms with van der Waals surface area (Å²) in [5, 5.41) is 63.3. The Morgan fingerprint density at radius 3 is 2.23 bits per heavy atom. The number of aliphatic hydroxyl groups excluding tert-OH is 2. The van der Waals surface area contributed by atoms with E-state index < -0.39 is 83.8 Å².